The van der Waals surface area contributed by atoms with E-state index in [-0.39, 0.29) is 11.5 Å². The van der Waals surface area contributed by atoms with Crippen molar-refractivity contribution in [1.29, 1.82) is 0 Å². The summed E-state index contributed by atoms with van der Waals surface area (Å²) in [4.78, 5) is 10.9. The number of ether oxygens (including phenoxy) is 1. The van der Waals surface area contributed by atoms with Crippen molar-refractivity contribution in [2.75, 3.05) is 0 Å². The summed E-state index contributed by atoms with van der Waals surface area (Å²) in [7, 11) is 0. The van der Waals surface area contributed by atoms with Crippen LogP contribution in [0.15, 0.2) is 6.07 Å². The number of aromatic hydroxyl groups is 1. The number of carboxylic acid groups (broad SMARTS) is 1. The van der Waals surface area contributed by atoms with E-state index in [0.29, 0.717) is 11.4 Å². The molecule has 0 heterocycles. The van der Waals surface area contributed by atoms with Gasteiger partial charge in [0, 0.05) is 16.7 Å². The lowest BCUT2D eigenvalue weighted by atomic mass is 9.95. The smallest absolute Gasteiger partial charge is 0.504 e. The highest BCUT2D eigenvalue weighted by Crippen LogP contribution is 2.39. The van der Waals surface area contributed by atoms with Crippen LogP contribution in [0.1, 0.15) is 89.2 Å². The van der Waals surface area contributed by atoms with E-state index in [1.165, 1.54) is 44.6 Å². The Bertz CT molecular complexity index is 557. The number of rotatable bonds is 13. The number of carbonyl (C=O) groups is 1. The summed E-state index contributed by atoms with van der Waals surface area (Å²) in [6.07, 6.45) is 11.4. The minimum Gasteiger partial charge on any atom is -0.504 e. The third kappa shape index (κ3) is 7.86. The normalized spacial score (nSPS) is 10.9. The Labute approximate surface area is 162 Å². The van der Waals surface area contributed by atoms with Crippen LogP contribution in [0.5, 0.6) is 11.5 Å². The van der Waals surface area contributed by atoms with Crippen molar-refractivity contribution in [2.24, 2.45) is 0 Å². The summed E-state index contributed by atoms with van der Waals surface area (Å²) in [5.74, 6) is -0.142. The highest BCUT2D eigenvalue weighted by Gasteiger charge is 2.19. The molecule has 5 heteroatoms. The summed E-state index contributed by atoms with van der Waals surface area (Å²) in [6.45, 7) is 4.36. The summed E-state index contributed by atoms with van der Waals surface area (Å²) in [6, 6.07) is 1.42. The molecule has 0 bridgehead atoms. The Morgan fingerprint density at radius 3 is 1.92 bits per heavy atom. The Morgan fingerprint density at radius 2 is 1.42 bits per heavy atom. The summed E-state index contributed by atoms with van der Waals surface area (Å²) in [5, 5.41) is 19.9. The molecule has 0 aromatic heterocycles. The monoisotopic (exact) mass is 384 g/mol. The van der Waals surface area contributed by atoms with Gasteiger partial charge in [-0.3, -0.25) is 0 Å². The minimum atomic E-state index is -1.45. The largest absolute Gasteiger partial charge is 0.511 e. The van der Waals surface area contributed by atoms with Crippen LogP contribution in [0.4, 0.5) is 4.79 Å². The topological polar surface area (TPSA) is 66.8 Å². The number of hydrogen-bond acceptors (Lipinski definition) is 3. The Morgan fingerprint density at radius 1 is 0.923 bits per heavy atom. The van der Waals surface area contributed by atoms with Crippen molar-refractivity contribution >= 4 is 17.8 Å². The molecule has 0 amide bonds. The maximum atomic E-state index is 10.9. The molecular formula is C21H33ClO4. The van der Waals surface area contributed by atoms with E-state index < -0.39 is 6.16 Å². The van der Waals surface area contributed by atoms with E-state index in [9.17, 15) is 9.90 Å². The quantitative estimate of drug-likeness (QED) is 0.215. The number of hydrogen-bond donors (Lipinski definition) is 2. The first kappa shape index (κ1) is 22.6. The predicted molar refractivity (Wildman–Crippen MR) is 107 cm³/mol. The van der Waals surface area contributed by atoms with Gasteiger partial charge >= 0.3 is 6.16 Å². The Hall–Kier alpha value is -1.42. The lowest BCUT2D eigenvalue weighted by Gasteiger charge is -2.16. The molecule has 0 saturated heterocycles. The number of phenols is 1. The molecule has 0 unspecified atom stereocenters. The molecule has 1 rings (SSSR count). The maximum absolute atomic E-state index is 10.9. The average molecular weight is 385 g/mol. The summed E-state index contributed by atoms with van der Waals surface area (Å²) in [5.41, 5.74) is 1.69. The molecule has 1 aromatic carbocycles. The van der Waals surface area contributed by atoms with Crippen molar-refractivity contribution in [3.05, 3.63) is 22.2 Å². The third-order valence-electron chi connectivity index (χ3n) is 4.69. The number of halogens is 1. The Balaban J connectivity index is 2.89. The van der Waals surface area contributed by atoms with Crippen LogP contribution in [0.2, 0.25) is 5.02 Å². The molecule has 0 atom stereocenters. The van der Waals surface area contributed by atoms with Crippen LogP contribution in [0, 0.1) is 0 Å². The maximum Gasteiger partial charge on any atom is 0.511 e. The number of unbranched alkanes of at least 4 members (excludes halogenated alkanes) is 8. The average Bonchev–Trinajstić information content (AvgIpc) is 2.59. The van der Waals surface area contributed by atoms with Crippen LogP contribution < -0.4 is 4.74 Å². The molecule has 0 spiro atoms. The van der Waals surface area contributed by atoms with E-state index in [2.05, 4.69) is 13.8 Å². The molecule has 0 aliphatic rings. The molecule has 2 N–H and O–H groups in total. The van der Waals surface area contributed by atoms with E-state index in [1.54, 1.807) is 0 Å². The first-order valence-corrected chi connectivity index (χ1v) is 10.3. The second-order valence-electron chi connectivity index (χ2n) is 6.86. The lowest BCUT2D eigenvalue weighted by molar-refractivity contribution is 0.143. The second-order valence-corrected chi connectivity index (χ2v) is 7.27. The predicted octanol–water partition coefficient (Wildman–Crippen LogP) is 7.13. The zero-order valence-electron chi connectivity index (χ0n) is 16.2. The molecule has 0 fully saturated rings. The number of phenolic OH excluding ortho intramolecular Hbond substituents is 1. The van der Waals surface area contributed by atoms with Crippen LogP contribution >= 0.6 is 11.6 Å². The van der Waals surface area contributed by atoms with Gasteiger partial charge in [-0.15, -0.1) is 0 Å². The van der Waals surface area contributed by atoms with Gasteiger partial charge in [-0.1, -0.05) is 76.8 Å². The van der Waals surface area contributed by atoms with Crippen molar-refractivity contribution in [1.82, 2.24) is 0 Å². The molecule has 0 radical (unpaired) electrons. The molecule has 26 heavy (non-hydrogen) atoms. The van der Waals surface area contributed by atoms with Gasteiger partial charge in [0.1, 0.15) is 0 Å². The van der Waals surface area contributed by atoms with Crippen molar-refractivity contribution in [2.45, 2.75) is 90.9 Å². The van der Waals surface area contributed by atoms with Crippen molar-refractivity contribution in [3.8, 4) is 11.5 Å². The van der Waals surface area contributed by atoms with E-state index in [4.69, 9.17) is 21.4 Å². The Kier molecular flexibility index (Phi) is 11.2. The van der Waals surface area contributed by atoms with Gasteiger partial charge in [-0.05, 0) is 31.2 Å². The van der Waals surface area contributed by atoms with Gasteiger partial charge < -0.3 is 14.9 Å². The van der Waals surface area contributed by atoms with Gasteiger partial charge in [0.05, 0.1) is 0 Å². The number of benzene rings is 1. The first-order valence-electron chi connectivity index (χ1n) is 9.95. The second kappa shape index (κ2) is 12.9. The fraction of sp³-hybridized carbons (Fsp3) is 0.667. The molecule has 4 nitrogen and oxygen atoms in total. The van der Waals surface area contributed by atoms with Gasteiger partial charge in [-0.25, -0.2) is 4.79 Å². The van der Waals surface area contributed by atoms with Gasteiger partial charge in [-0.2, -0.15) is 0 Å². The van der Waals surface area contributed by atoms with Gasteiger partial charge in [0.25, 0.3) is 0 Å². The highest BCUT2D eigenvalue weighted by atomic mass is 35.5. The van der Waals surface area contributed by atoms with E-state index in [1.807, 2.05) is 0 Å². The third-order valence-corrected chi connectivity index (χ3v) is 5.02. The molecule has 148 valence electrons. The van der Waals surface area contributed by atoms with E-state index in [0.717, 1.165) is 43.2 Å². The molecular weight excluding hydrogens is 352 g/mol. The van der Waals surface area contributed by atoms with Crippen LogP contribution in [0.3, 0.4) is 0 Å². The van der Waals surface area contributed by atoms with Crippen LogP contribution in [-0.2, 0) is 12.8 Å². The standard InChI is InChI=1S/C21H33ClO4/c1-3-5-7-9-11-13-16-17(14-12-10-8-6-4-2)20(23)19(15-18(16)22)26-21(24)25/h15,23H,3-14H2,1-2H3,(H,24,25). The first-order chi connectivity index (χ1) is 12.5. The SMILES string of the molecule is CCCCCCCc1c(Cl)cc(OC(=O)O)c(O)c1CCCCCCC. The summed E-state index contributed by atoms with van der Waals surface area (Å²) < 4.78 is 4.71. The minimum absolute atomic E-state index is 0.0687. The van der Waals surface area contributed by atoms with Crippen molar-refractivity contribution < 1.29 is 19.7 Å². The highest BCUT2D eigenvalue weighted by molar-refractivity contribution is 6.31. The molecule has 0 aliphatic heterocycles. The van der Waals surface area contributed by atoms with Gasteiger partial charge in [0.15, 0.2) is 11.5 Å². The molecule has 0 aliphatic carbocycles. The zero-order chi connectivity index (χ0) is 19.4. The van der Waals surface area contributed by atoms with Crippen molar-refractivity contribution in [3.63, 3.8) is 0 Å². The van der Waals surface area contributed by atoms with Crippen LogP contribution in [0.25, 0.3) is 0 Å². The van der Waals surface area contributed by atoms with Crippen LogP contribution in [-0.4, -0.2) is 16.4 Å². The molecule has 1 aromatic rings. The molecule has 0 saturated carbocycles. The summed E-state index contributed by atoms with van der Waals surface area (Å²) >= 11 is 6.41. The fourth-order valence-electron chi connectivity index (χ4n) is 3.23. The fourth-order valence-corrected chi connectivity index (χ4v) is 3.54. The van der Waals surface area contributed by atoms with E-state index >= 15 is 0 Å². The van der Waals surface area contributed by atoms with Gasteiger partial charge in [0.2, 0.25) is 0 Å². The lowest BCUT2D eigenvalue weighted by Crippen LogP contribution is -2.06. The zero-order valence-corrected chi connectivity index (χ0v) is 16.9.